The molecule has 0 amide bonds. The van der Waals surface area contributed by atoms with E-state index in [1.54, 1.807) is 0 Å². The maximum absolute atomic E-state index is 12.2. The predicted octanol–water partition coefficient (Wildman–Crippen LogP) is 4.44. The fourth-order valence-corrected chi connectivity index (χ4v) is 2.74. The lowest BCUT2D eigenvalue weighted by molar-refractivity contribution is 0.107. The van der Waals surface area contributed by atoms with Gasteiger partial charge in [0.25, 0.3) is 0 Å². The molecule has 3 heteroatoms. The molecule has 0 spiro atoms. The van der Waals surface area contributed by atoms with Gasteiger partial charge in [-0.15, -0.1) is 11.8 Å². The Balaban J connectivity index is 2.01. The van der Waals surface area contributed by atoms with Gasteiger partial charge in [-0.3, -0.25) is 4.79 Å². The summed E-state index contributed by atoms with van der Waals surface area (Å²) in [7, 11) is 0. The van der Waals surface area contributed by atoms with E-state index in [4.69, 9.17) is 12.2 Å². The van der Waals surface area contributed by atoms with Gasteiger partial charge >= 0.3 is 0 Å². The maximum Gasteiger partial charge on any atom is 0.210 e. The molecule has 0 atom stereocenters. The second kappa shape index (κ2) is 6.64. The van der Waals surface area contributed by atoms with E-state index >= 15 is 0 Å². The monoisotopic (exact) mass is 286 g/mol. The van der Waals surface area contributed by atoms with Gasteiger partial charge in [0.2, 0.25) is 5.78 Å². The number of rotatable bonds is 4. The summed E-state index contributed by atoms with van der Waals surface area (Å²) in [6, 6.07) is 17.6. The van der Waals surface area contributed by atoms with Gasteiger partial charge in [-0.1, -0.05) is 66.8 Å². The van der Waals surface area contributed by atoms with Crippen LogP contribution in [0.2, 0.25) is 0 Å². The van der Waals surface area contributed by atoms with E-state index < -0.39 is 0 Å². The Morgan fingerprint density at radius 2 is 1.68 bits per heavy atom. The van der Waals surface area contributed by atoms with Crippen LogP contribution in [0.25, 0.3) is 0 Å². The molecule has 0 aliphatic rings. The lowest BCUT2D eigenvalue weighted by Crippen LogP contribution is -2.10. The summed E-state index contributed by atoms with van der Waals surface area (Å²) in [5, 5.41) is 0. The second-order valence-corrected chi connectivity index (χ2v) is 5.86. The number of ketones is 1. The van der Waals surface area contributed by atoms with E-state index in [1.807, 2.05) is 61.5 Å². The predicted molar refractivity (Wildman–Crippen MR) is 85.8 cm³/mol. The van der Waals surface area contributed by atoms with Crippen molar-refractivity contribution in [3.8, 4) is 0 Å². The summed E-state index contributed by atoms with van der Waals surface area (Å²) >= 11 is 6.65. The third kappa shape index (κ3) is 3.75. The smallest absolute Gasteiger partial charge is 0.210 e. The third-order valence-corrected chi connectivity index (χ3v) is 4.25. The van der Waals surface area contributed by atoms with Crippen LogP contribution in [0.5, 0.6) is 0 Å². The number of carbonyl (C=O) groups is 1. The van der Waals surface area contributed by atoms with Gasteiger partial charge < -0.3 is 0 Å². The van der Waals surface area contributed by atoms with Crippen molar-refractivity contribution in [3.05, 3.63) is 71.3 Å². The Kier molecular flexibility index (Phi) is 4.88. The van der Waals surface area contributed by atoms with Crippen LogP contribution in [0, 0.1) is 6.92 Å². The first kappa shape index (κ1) is 14.0. The molecule has 0 aromatic heterocycles. The van der Waals surface area contributed by atoms with Gasteiger partial charge in [-0.2, -0.15) is 0 Å². The summed E-state index contributed by atoms with van der Waals surface area (Å²) in [4.78, 5) is 12.2. The Bertz CT molecular complexity index is 591. The van der Waals surface area contributed by atoms with Gasteiger partial charge in [-0.25, -0.2) is 0 Å². The minimum Gasteiger partial charge on any atom is -0.287 e. The number of thioether (sulfide) groups is 1. The highest BCUT2D eigenvalue weighted by molar-refractivity contribution is 8.24. The van der Waals surface area contributed by atoms with Crippen LogP contribution >= 0.6 is 24.0 Å². The van der Waals surface area contributed by atoms with Crippen LogP contribution in [0.3, 0.4) is 0 Å². The summed E-state index contributed by atoms with van der Waals surface area (Å²) in [5.74, 6) is 0.686. The van der Waals surface area contributed by atoms with Crippen LogP contribution in [0.15, 0.2) is 54.6 Å². The summed E-state index contributed by atoms with van der Waals surface area (Å²) < 4.78 is 0.429. The molecule has 0 aliphatic carbocycles. The molecule has 2 rings (SSSR count). The zero-order chi connectivity index (χ0) is 13.7. The van der Waals surface area contributed by atoms with Gasteiger partial charge in [0.05, 0.1) is 0 Å². The fraction of sp³-hybridized carbons (Fsp3) is 0.125. The van der Waals surface area contributed by atoms with Crippen LogP contribution in [-0.2, 0) is 5.75 Å². The van der Waals surface area contributed by atoms with Crippen molar-refractivity contribution in [3.63, 3.8) is 0 Å². The van der Waals surface area contributed by atoms with Gasteiger partial charge in [0.15, 0.2) is 0 Å². The highest BCUT2D eigenvalue weighted by atomic mass is 32.2. The number of aryl methyl sites for hydroxylation is 1. The largest absolute Gasteiger partial charge is 0.287 e. The Labute approximate surface area is 123 Å². The molecule has 0 saturated heterocycles. The van der Waals surface area contributed by atoms with Crippen molar-refractivity contribution in [2.24, 2.45) is 0 Å². The molecule has 1 nitrogen and oxygen atoms in total. The van der Waals surface area contributed by atoms with E-state index in [-0.39, 0.29) is 5.78 Å². The maximum atomic E-state index is 12.2. The first-order chi connectivity index (χ1) is 9.18. The van der Waals surface area contributed by atoms with Gasteiger partial charge in [0.1, 0.15) is 4.20 Å². The number of benzene rings is 2. The number of hydrogen-bond donors (Lipinski definition) is 0. The van der Waals surface area contributed by atoms with Crippen molar-refractivity contribution in [2.45, 2.75) is 12.7 Å². The molecule has 0 aliphatic heterocycles. The quantitative estimate of drug-likeness (QED) is 0.611. The standard InChI is InChI=1S/C16H14OS2/c1-12-7-5-6-10-14(12)15(17)16(18)19-11-13-8-3-2-4-9-13/h2-10H,11H2,1H3. The van der Waals surface area contributed by atoms with E-state index in [1.165, 1.54) is 17.3 Å². The second-order valence-electron chi connectivity index (χ2n) is 4.21. The van der Waals surface area contributed by atoms with Crippen LogP contribution in [0.1, 0.15) is 21.5 Å². The van der Waals surface area contributed by atoms with Crippen LogP contribution in [-0.4, -0.2) is 9.98 Å². The minimum absolute atomic E-state index is 0.0472. The molecule has 0 fully saturated rings. The van der Waals surface area contributed by atoms with Crippen LogP contribution < -0.4 is 0 Å². The summed E-state index contributed by atoms with van der Waals surface area (Å²) in [5.41, 5.74) is 2.84. The topological polar surface area (TPSA) is 17.1 Å². The molecule has 0 bridgehead atoms. The van der Waals surface area contributed by atoms with Crippen molar-refractivity contribution in [2.75, 3.05) is 0 Å². The van der Waals surface area contributed by atoms with Crippen molar-refractivity contribution < 1.29 is 4.79 Å². The molecule has 19 heavy (non-hydrogen) atoms. The molecule has 2 aromatic rings. The Hall–Kier alpha value is -1.45. The number of hydrogen-bond acceptors (Lipinski definition) is 3. The Morgan fingerprint density at radius 3 is 2.37 bits per heavy atom. The molecular formula is C16H14OS2. The highest BCUT2D eigenvalue weighted by Gasteiger charge is 2.14. The normalized spacial score (nSPS) is 10.2. The average Bonchev–Trinajstić information content (AvgIpc) is 2.45. The lowest BCUT2D eigenvalue weighted by Gasteiger charge is -2.06. The van der Waals surface area contributed by atoms with Crippen LogP contribution in [0.4, 0.5) is 0 Å². The number of Topliss-reactive ketones (excluding diaryl/α,β-unsaturated/α-hetero) is 1. The highest BCUT2D eigenvalue weighted by Crippen LogP contribution is 2.18. The lowest BCUT2D eigenvalue weighted by atomic mass is 10.1. The zero-order valence-corrected chi connectivity index (χ0v) is 12.3. The average molecular weight is 286 g/mol. The van der Waals surface area contributed by atoms with Crippen molar-refractivity contribution in [1.82, 2.24) is 0 Å². The number of carbonyl (C=O) groups excluding carboxylic acids is 1. The third-order valence-electron chi connectivity index (χ3n) is 2.79. The van der Waals surface area contributed by atoms with Gasteiger partial charge in [-0.05, 0) is 18.1 Å². The number of thiocarbonyl (C=S) groups is 1. The SMILES string of the molecule is Cc1ccccc1C(=O)C(=S)SCc1ccccc1. The molecule has 0 radical (unpaired) electrons. The molecule has 2 aromatic carbocycles. The van der Waals surface area contributed by atoms with E-state index in [0.29, 0.717) is 9.76 Å². The van der Waals surface area contributed by atoms with Gasteiger partial charge in [0, 0.05) is 11.3 Å². The molecular weight excluding hydrogens is 272 g/mol. The summed E-state index contributed by atoms with van der Waals surface area (Å²) in [6.07, 6.45) is 0. The molecule has 0 N–H and O–H groups in total. The minimum atomic E-state index is -0.0472. The Morgan fingerprint density at radius 1 is 1.05 bits per heavy atom. The molecule has 96 valence electrons. The van der Waals surface area contributed by atoms with E-state index in [2.05, 4.69) is 0 Å². The van der Waals surface area contributed by atoms with Crippen molar-refractivity contribution >= 4 is 34.0 Å². The first-order valence-corrected chi connectivity index (χ1v) is 7.39. The first-order valence-electron chi connectivity index (χ1n) is 5.99. The van der Waals surface area contributed by atoms with Crippen molar-refractivity contribution in [1.29, 1.82) is 0 Å². The molecule has 0 saturated carbocycles. The fourth-order valence-electron chi connectivity index (χ4n) is 1.73. The van der Waals surface area contributed by atoms with E-state index in [0.717, 1.165) is 11.3 Å². The molecule has 0 heterocycles. The summed E-state index contributed by atoms with van der Waals surface area (Å²) in [6.45, 7) is 1.93. The molecule has 0 unspecified atom stereocenters. The zero-order valence-electron chi connectivity index (χ0n) is 10.6. The van der Waals surface area contributed by atoms with E-state index in [9.17, 15) is 4.79 Å².